The van der Waals surface area contributed by atoms with Gasteiger partial charge in [0.2, 0.25) is 0 Å². The zero-order chi connectivity index (χ0) is 12.3. The van der Waals surface area contributed by atoms with Gasteiger partial charge in [0, 0.05) is 18.3 Å². The summed E-state index contributed by atoms with van der Waals surface area (Å²) in [4.78, 5) is 1.71. The van der Waals surface area contributed by atoms with Crippen LogP contribution in [0.15, 0.2) is 12.1 Å². The van der Waals surface area contributed by atoms with Gasteiger partial charge in [0.15, 0.2) is 11.6 Å². The van der Waals surface area contributed by atoms with Crippen LogP contribution in [-0.2, 0) is 0 Å². The lowest BCUT2D eigenvalue weighted by molar-refractivity contribution is 0.554. The van der Waals surface area contributed by atoms with Crippen molar-refractivity contribution in [1.82, 2.24) is 0 Å². The van der Waals surface area contributed by atoms with E-state index in [1.165, 1.54) is 0 Å². The fourth-order valence-corrected chi connectivity index (χ4v) is 1.73. The number of nitrogens with two attached hydrogens (primary N) is 1. The Morgan fingerprint density at radius 3 is 2.12 bits per heavy atom. The summed E-state index contributed by atoms with van der Waals surface area (Å²) in [6, 6.07) is 2.36. The van der Waals surface area contributed by atoms with Gasteiger partial charge >= 0.3 is 0 Å². The van der Waals surface area contributed by atoms with Crippen LogP contribution in [-0.4, -0.2) is 12.6 Å². The molecule has 2 nitrogen and oxygen atoms in total. The Morgan fingerprint density at radius 2 is 1.75 bits per heavy atom. The van der Waals surface area contributed by atoms with Gasteiger partial charge in [0.1, 0.15) is 5.69 Å². The Kier molecular flexibility index (Phi) is 4.10. The van der Waals surface area contributed by atoms with Crippen molar-refractivity contribution in [2.24, 2.45) is 0 Å². The SMILES string of the molecule is CCCN(c1c(F)cc(N)cc1F)C(C)C. The second kappa shape index (κ2) is 5.14. The molecule has 2 N–H and O–H groups in total. The number of hydrogen-bond donors (Lipinski definition) is 1. The molecule has 0 unspecified atom stereocenters. The standard InChI is InChI=1S/C12H18F2N2/c1-4-5-16(8(2)3)12-10(13)6-9(15)7-11(12)14/h6-8H,4-5,15H2,1-3H3. The van der Waals surface area contributed by atoms with E-state index < -0.39 is 11.6 Å². The van der Waals surface area contributed by atoms with Crippen LogP contribution in [0.4, 0.5) is 20.2 Å². The largest absolute Gasteiger partial charge is 0.399 e. The summed E-state index contributed by atoms with van der Waals surface area (Å²) in [5.41, 5.74) is 5.51. The number of hydrogen-bond acceptors (Lipinski definition) is 2. The maximum Gasteiger partial charge on any atom is 0.151 e. The molecule has 0 atom stereocenters. The average Bonchev–Trinajstić information content (AvgIpc) is 2.14. The number of rotatable bonds is 4. The van der Waals surface area contributed by atoms with Crippen molar-refractivity contribution in [2.45, 2.75) is 33.2 Å². The molecule has 16 heavy (non-hydrogen) atoms. The Bertz CT molecular complexity index is 341. The van der Waals surface area contributed by atoms with E-state index >= 15 is 0 Å². The molecule has 0 aliphatic carbocycles. The average molecular weight is 228 g/mol. The molecule has 0 amide bonds. The van der Waals surface area contributed by atoms with Crippen molar-refractivity contribution >= 4 is 11.4 Å². The molecule has 0 spiro atoms. The minimum absolute atomic E-state index is 0.0195. The van der Waals surface area contributed by atoms with Gasteiger partial charge in [-0.05, 0) is 32.4 Å². The van der Waals surface area contributed by atoms with Crippen molar-refractivity contribution in [3.05, 3.63) is 23.8 Å². The molecule has 0 heterocycles. The lowest BCUT2D eigenvalue weighted by Crippen LogP contribution is -2.33. The predicted octanol–water partition coefficient (Wildman–Crippen LogP) is 3.17. The molecule has 0 bridgehead atoms. The fourth-order valence-electron chi connectivity index (χ4n) is 1.73. The van der Waals surface area contributed by atoms with E-state index in [-0.39, 0.29) is 17.4 Å². The number of benzene rings is 1. The van der Waals surface area contributed by atoms with Crippen LogP contribution in [0.3, 0.4) is 0 Å². The number of nitrogen functional groups attached to an aromatic ring is 1. The minimum Gasteiger partial charge on any atom is -0.399 e. The first-order valence-corrected chi connectivity index (χ1v) is 5.48. The summed E-state index contributed by atoms with van der Waals surface area (Å²) in [6.07, 6.45) is 0.835. The zero-order valence-corrected chi connectivity index (χ0v) is 9.93. The maximum absolute atomic E-state index is 13.7. The summed E-state index contributed by atoms with van der Waals surface area (Å²) < 4.78 is 27.4. The molecule has 4 heteroatoms. The zero-order valence-electron chi connectivity index (χ0n) is 9.93. The molecule has 0 saturated heterocycles. The van der Waals surface area contributed by atoms with Crippen molar-refractivity contribution in [1.29, 1.82) is 0 Å². The highest BCUT2D eigenvalue weighted by molar-refractivity contribution is 5.56. The van der Waals surface area contributed by atoms with Crippen LogP contribution >= 0.6 is 0 Å². The van der Waals surface area contributed by atoms with E-state index in [1.807, 2.05) is 20.8 Å². The molecule has 0 aliphatic rings. The molecule has 90 valence electrons. The third-order valence-electron chi connectivity index (χ3n) is 2.41. The molecular weight excluding hydrogens is 210 g/mol. The van der Waals surface area contributed by atoms with E-state index in [0.29, 0.717) is 6.54 Å². The molecule has 1 aromatic carbocycles. The van der Waals surface area contributed by atoms with E-state index in [9.17, 15) is 8.78 Å². The monoisotopic (exact) mass is 228 g/mol. The van der Waals surface area contributed by atoms with E-state index in [1.54, 1.807) is 4.90 Å². The highest BCUT2D eigenvalue weighted by Crippen LogP contribution is 2.27. The second-order valence-electron chi connectivity index (χ2n) is 4.12. The quantitative estimate of drug-likeness (QED) is 0.802. The molecule has 0 fully saturated rings. The first-order chi connectivity index (χ1) is 7.47. The van der Waals surface area contributed by atoms with Gasteiger partial charge in [-0.1, -0.05) is 6.92 Å². The predicted molar refractivity (Wildman–Crippen MR) is 63.5 cm³/mol. The Labute approximate surface area is 95.1 Å². The summed E-state index contributed by atoms with van der Waals surface area (Å²) >= 11 is 0. The first kappa shape index (κ1) is 12.7. The normalized spacial score (nSPS) is 10.9. The maximum atomic E-state index is 13.7. The topological polar surface area (TPSA) is 29.3 Å². The third-order valence-corrected chi connectivity index (χ3v) is 2.41. The van der Waals surface area contributed by atoms with Gasteiger partial charge in [-0.2, -0.15) is 0 Å². The third kappa shape index (κ3) is 2.62. The van der Waals surface area contributed by atoms with Crippen molar-refractivity contribution < 1.29 is 8.78 Å². The van der Waals surface area contributed by atoms with Crippen molar-refractivity contribution in [3.63, 3.8) is 0 Å². The molecule has 0 aliphatic heterocycles. The van der Waals surface area contributed by atoms with Crippen molar-refractivity contribution in [2.75, 3.05) is 17.2 Å². The number of nitrogens with zero attached hydrogens (tertiary/aromatic N) is 1. The van der Waals surface area contributed by atoms with Gasteiger partial charge < -0.3 is 10.6 Å². The molecule has 1 rings (SSSR count). The molecule has 0 aromatic heterocycles. The Balaban J connectivity index is 3.18. The summed E-state index contributed by atoms with van der Waals surface area (Å²) in [6.45, 7) is 6.41. The van der Waals surface area contributed by atoms with Crippen LogP contribution in [0.2, 0.25) is 0 Å². The Morgan fingerprint density at radius 1 is 1.25 bits per heavy atom. The van der Waals surface area contributed by atoms with Crippen LogP contribution in [0.1, 0.15) is 27.2 Å². The summed E-state index contributed by atoms with van der Waals surface area (Å²) in [7, 11) is 0. The van der Waals surface area contributed by atoms with E-state index in [2.05, 4.69) is 0 Å². The highest BCUT2D eigenvalue weighted by atomic mass is 19.1. The summed E-state index contributed by atoms with van der Waals surface area (Å²) in [5, 5.41) is 0. The Hall–Kier alpha value is -1.32. The molecular formula is C12H18F2N2. The minimum atomic E-state index is -0.598. The first-order valence-electron chi connectivity index (χ1n) is 5.48. The van der Waals surface area contributed by atoms with Crippen LogP contribution < -0.4 is 10.6 Å². The van der Waals surface area contributed by atoms with Crippen LogP contribution in [0.25, 0.3) is 0 Å². The van der Waals surface area contributed by atoms with Gasteiger partial charge in [-0.25, -0.2) is 8.78 Å². The van der Waals surface area contributed by atoms with Gasteiger partial charge in [0.05, 0.1) is 0 Å². The molecule has 0 saturated carbocycles. The fraction of sp³-hybridized carbons (Fsp3) is 0.500. The molecule has 0 radical (unpaired) electrons. The van der Waals surface area contributed by atoms with Crippen LogP contribution in [0.5, 0.6) is 0 Å². The molecule has 1 aromatic rings. The number of halogens is 2. The van der Waals surface area contributed by atoms with Gasteiger partial charge in [-0.15, -0.1) is 0 Å². The highest BCUT2D eigenvalue weighted by Gasteiger charge is 2.19. The lowest BCUT2D eigenvalue weighted by atomic mass is 10.2. The van der Waals surface area contributed by atoms with Crippen molar-refractivity contribution in [3.8, 4) is 0 Å². The smallest absolute Gasteiger partial charge is 0.151 e. The van der Waals surface area contributed by atoms with E-state index in [4.69, 9.17) is 5.73 Å². The van der Waals surface area contributed by atoms with Crippen LogP contribution in [0, 0.1) is 11.6 Å². The van der Waals surface area contributed by atoms with E-state index in [0.717, 1.165) is 18.6 Å². The number of anilines is 2. The van der Waals surface area contributed by atoms with Gasteiger partial charge in [-0.3, -0.25) is 0 Å². The lowest BCUT2D eigenvalue weighted by Gasteiger charge is -2.29. The second-order valence-corrected chi connectivity index (χ2v) is 4.12. The summed E-state index contributed by atoms with van der Waals surface area (Å²) in [5.74, 6) is -1.20. The van der Waals surface area contributed by atoms with Gasteiger partial charge in [0.25, 0.3) is 0 Å².